The van der Waals surface area contributed by atoms with E-state index in [0.29, 0.717) is 12.1 Å². The second kappa shape index (κ2) is 7.07. The van der Waals surface area contributed by atoms with Gasteiger partial charge < -0.3 is 10.2 Å². The Balaban J connectivity index is 1.76. The van der Waals surface area contributed by atoms with E-state index in [0.717, 1.165) is 10.3 Å². The Kier molecular flexibility index (Phi) is 5.70. The number of likely N-dealkylation sites (tertiary alicyclic amines) is 1. The number of rotatable bonds is 5. The van der Waals surface area contributed by atoms with Crippen molar-refractivity contribution >= 4 is 22.9 Å². The van der Waals surface area contributed by atoms with Gasteiger partial charge in [-0.2, -0.15) is 0 Å². The first kappa shape index (κ1) is 15.3. The van der Waals surface area contributed by atoms with Gasteiger partial charge in [-0.05, 0) is 50.9 Å². The molecule has 0 saturated carbocycles. The van der Waals surface area contributed by atoms with Gasteiger partial charge in [0.1, 0.15) is 0 Å². The highest BCUT2D eigenvalue weighted by molar-refractivity contribution is 7.16. The first-order valence-corrected chi connectivity index (χ1v) is 8.47. The molecule has 1 atom stereocenters. The topological polar surface area (TPSA) is 15.3 Å². The number of hydrogen-bond donors (Lipinski definition) is 1. The molecule has 1 saturated heterocycles. The molecular weight excluding hydrogens is 276 g/mol. The fraction of sp³-hybridized carbons (Fsp3) is 0.733. The molecule has 1 aromatic heterocycles. The third-order valence-electron chi connectivity index (χ3n) is 3.72. The molecular formula is C15H25ClN2S. The van der Waals surface area contributed by atoms with Crippen molar-refractivity contribution < 1.29 is 0 Å². The summed E-state index contributed by atoms with van der Waals surface area (Å²) in [6.45, 7) is 10.5. The smallest absolute Gasteiger partial charge is 0.0931 e. The minimum absolute atomic E-state index is 0.416. The van der Waals surface area contributed by atoms with E-state index in [4.69, 9.17) is 11.6 Å². The van der Waals surface area contributed by atoms with Crippen LogP contribution in [0.3, 0.4) is 0 Å². The van der Waals surface area contributed by atoms with Crippen LogP contribution in [0.4, 0.5) is 0 Å². The van der Waals surface area contributed by atoms with E-state index in [1.165, 1.54) is 37.4 Å². The second-order valence-corrected chi connectivity index (χ2v) is 7.75. The molecule has 2 heterocycles. The van der Waals surface area contributed by atoms with Crippen LogP contribution in [0.5, 0.6) is 0 Å². The predicted molar refractivity (Wildman–Crippen MR) is 85.2 cm³/mol. The summed E-state index contributed by atoms with van der Waals surface area (Å²) < 4.78 is 0.885. The van der Waals surface area contributed by atoms with E-state index >= 15 is 0 Å². The van der Waals surface area contributed by atoms with E-state index in [2.05, 4.69) is 37.1 Å². The summed E-state index contributed by atoms with van der Waals surface area (Å²) >= 11 is 7.68. The number of halogens is 1. The van der Waals surface area contributed by atoms with Gasteiger partial charge in [0.05, 0.1) is 4.34 Å². The van der Waals surface area contributed by atoms with E-state index in [-0.39, 0.29) is 0 Å². The van der Waals surface area contributed by atoms with Crippen molar-refractivity contribution in [3.05, 3.63) is 21.3 Å². The zero-order chi connectivity index (χ0) is 13.8. The zero-order valence-electron chi connectivity index (χ0n) is 12.2. The Labute approximate surface area is 126 Å². The summed E-state index contributed by atoms with van der Waals surface area (Å²) in [6, 6.07) is 5.20. The van der Waals surface area contributed by atoms with E-state index < -0.39 is 0 Å². The van der Waals surface area contributed by atoms with Gasteiger partial charge in [-0.15, -0.1) is 11.3 Å². The van der Waals surface area contributed by atoms with Crippen molar-refractivity contribution in [2.45, 2.75) is 45.7 Å². The first-order valence-electron chi connectivity index (χ1n) is 7.28. The maximum atomic E-state index is 6.00. The fourth-order valence-electron chi connectivity index (χ4n) is 2.80. The van der Waals surface area contributed by atoms with Gasteiger partial charge in [-0.1, -0.05) is 25.4 Å². The molecule has 1 aliphatic rings. The SMILES string of the molecule is CC(C)CN1CCC(NC(C)c2ccc(Cl)s2)CC1. The predicted octanol–water partition coefficient (Wildman–Crippen LogP) is 4.17. The lowest BCUT2D eigenvalue weighted by molar-refractivity contribution is 0.175. The largest absolute Gasteiger partial charge is 0.307 e. The van der Waals surface area contributed by atoms with Crippen molar-refractivity contribution in [1.82, 2.24) is 10.2 Å². The van der Waals surface area contributed by atoms with E-state index in [1.54, 1.807) is 11.3 Å². The first-order chi connectivity index (χ1) is 9.04. The van der Waals surface area contributed by atoms with Gasteiger partial charge in [0, 0.05) is 23.5 Å². The van der Waals surface area contributed by atoms with Crippen LogP contribution >= 0.6 is 22.9 Å². The van der Waals surface area contributed by atoms with Crippen LogP contribution in [0.15, 0.2) is 12.1 Å². The van der Waals surface area contributed by atoms with Crippen molar-refractivity contribution in [2.75, 3.05) is 19.6 Å². The summed E-state index contributed by atoms with van der Waals surface area (Å²) in [5.74, 6) is 0.775. The molecule has 1 unspecified atom stereocenters. The molecule has 0 radical (unpaired) electrons. The van der Waals surface area contributed by atoms with Crippen molar-refractivity contribution in [3.8, 4) is 0 Å². The molecule has 1 N–H and O–H groups in total. The fourth-order valence-corrected chi connectivity index (χ4v) is 3.87. The Hall–Kier alpha value is -0.0900. The van der Waals surface area contributed by atoms with Crippen LogP contribution in [0.1, 0.15) is 44.5 Å². The Morgan fingerprint density at radius 3 is 2.53 bits per heavy atom. The highest BCUT2D eigenvalue weighted by Crippen LogP contribution is 2.27. The maximum absolute atomic E-state index is 6.00. The Morgan fingerprint density at radius 2 is 2.00 bits per heavy atom. The molecule has 0 aliphatic carbocycles. The van der Waals surface area contributed by atoms with Crippen LogP contribution in [-0.2, 0) is 0 Å². The van der Waals surface area contributed by atoms with Gasteiger partial charge in [0.2, 0.25) is 0 Å². The molecule has 1 aromatic rings. The molecule has 19 heavy (non-hydrogen) atoms. The second-order valence-electron chi connectivity index (χ2n) is 6.00. The van der Waals surface area contributed by atoms with Crippen LogP contribution in [0.25, 0.3) is 0 Å². The minimum Gasteiger partial charge on any atom is -0.307 e. The van der Waals surface area contributed by atoms with Gasteiger partial charge in [0.25, 0.3) is 0 Å². The molecule has 2 rings (SSSR count). The summed E-state index contributed by atoms with van der Waals surface area (Å²) in [7, 11) is 0. The summed E-state index contributed by atoms with van der Waals surface area (Å²) in [5.41, 5.74) is 0. The monoisotopic (exact) mass is 300 g/mol. The molecule has 0 bridgehead atoms. The number of nitrogens with one attached hydrogen (secondary N) is 1. The number of hydrogen-bond acceptors (Lipinski definition) is 3. The average Bonchev–Trinajstić information content (AvgIpc) is 2.78. The Morgan fingerprint density at radius 1 is 1.32 bits per heavy atom. The molecule has 0 amide bonds. The van der Waals surface area contributed by atoms with Crippen molar-refractivity contribution in [1.29, 1.82) is 0 Å². The average molecular weight is 301 g/mol. The third kappa shape index (κ3) is 4.75. The lowest BCUT2D eigenvalue weighted by Crippen LogP contribution is -2.44. The molecule has 1 fully saturated rings. The van der Waals surface area contributed by atoms with Gasteiger partial charge in [-0.25, -0.2) is 0 Å². The molecule has 108 valence electrons. The summed E-state index contributed by atoms with van der Waals surface area (Å²) in [6.07, 6.45) is 2.52. The lowest BCUT2D eigenvalue weighted by atomic mass is 10.0. The van der Waals surface area contributed by atoms with Crippen molar-refractivity contribution in [3.63, 3.8) is 0 Å². The van der Waals surface area contributed by atoms with Gasteiger partial charge in [-0.3, -0.25) is 0 Å². The molecule has 4 heteroatoms. The highest BCUT2D eigenvalue weighted by atomic mass is 35.5. The molecule has 2 nitrogen and oxygen atoms in total. The lowest BCUT2D eigenvalue weighted by Gasteiger charge is -2.34. The Bertz CT molecular complexity index is 383. The number of thiophene rings is 1. The maximum Gasteiger partial charge on any atom is 0.0931 e. The zero-order valence-corrected chi connectivity index (χ0v) is 13.7. The van der Waals surface area contributed by atoms with Crippen molar-refractivity contribution in [2.24, 2.45) is 5.92 Å². The van der Waals surface area contributed by atoms with E-state index in [9.17, 15) is 0 Å². The highest BCUT2D eigenvalue weighted by Gasteiger charge is 2.21. The summed E-state index contributed by atoms with van der Waals surface area (Å²) in [4.78, 5) is 3.94. The van der Waals surface area contributed by atoms with Gasteiger partial charge in [0.15, 0.2) is 0 Å². The minimum atomic E-state index is 0.416. The van der Waals surface area contributed by atoms with Crippen LogP contribution in [-0.4, -0.2) is 30.6 Å². The number of piperidine rings is 1. The molecule has 0 spiro atoms. The standard InChI is InChI=1S/C15H25ClN2S/c1-11(2)10-18-8-6-13(7-9-18)17-12(3)14-4-5-15(16)19-14/h4-5,11-13,17H,6-10H2,1-3H3. The van der Waals surface area contributed by atoms with E-state index in [1.807, 2.05) is 6.07 Å². The summed E-state index contributed by atoms with van der Waals surface area (Å²) in [5, 5.41) is 3.75. The quantitative estimate of drug-likeness (QED) is 0.878. The molecule has 0 aromatic carbocycles. The van der Waals surface area contributed by atoms with Crippen LogP contribution in [0, 0.1) is 5.92 Å². The van der Waals surface area contributed by atoms with Gasteiger partial charge >= 0.3 is 0 Å². The number of nitrogens with zero attached hydrogens (tertiary/aromatic N) is 1. The van der Waals surface area contributed by atoms with Crippen LogP contribution in [0.2, 0.25) is 4.34 Å². The van der Waals surface area contributed by atoms with Crippen LogP contribution < -0.4 is 5.32 Å². The normalized spacial score (nSPS) is 20.1. The molecule has 1 aliphatic heterocycles. The third-order valence-corrected chi connectivity index (χ3v) is 5.13.